The number of carbonyl (C=O) groups excluding carboxylic acids is 1. The summed E-state index contributed by atoms with van der Waals surface area (Å²) in [5.74, 6) is -0.695. The van der Waals surface area contributed by atoms with Crippen molar-refractivity contribution in [3.8, 4) is 0 Å². The molecule has 0 aliphatic carbocycles. The molecule has 0 spiro atoms. The summed E-state index contributed by atoms with van der Waals surface area (Å²) in [5.41, 5.74) is 3.11. The molecule has 1 aliphatic heterocycles. The zero-order valence-corrected chi connectivity index (χ0v) is 18.3. The van der Waals surface area contributed by atoms with Gasteiger partial charge in [0.25, 0.3) is 0 Å². The van der Waals surface area contributed by atoms with Crippen molar-refractivity contribution in [2.24, 2.45) is 11.8 Å². The van der Waals surface area contributed by atoms with Gasteiger partial charge in [-0.3, -0.25) is 4.79 Å². The Balaban J connectivity index is 2.03. The Morgan fingerprint density at radius 2 is 1.52 bits per heavy atom. The molecule has 1 aliphatic rings. The molecule has 1 saturated heterocycles. The molecule has 3 rings (SSSR count). The summed E-state index contributed by atoms with van der Waals surface area (Å²) in [5, 5.41) is -1.14. The Labute approximate surface area is 174 Å². The van der Waals surface area contributed by atoms with Crippen LogP contribution >= 0.6 is 0 Å². The van der Waals surface area contributed by atoms with E-state index in [1.807, 2.05) is 52.0 Å². The summed E-state index contributed by atoms with van der Waals surface area (Å²) in [7, 11) is -3.83. The number of sulfone groups is 1. The van der Waals surface area contributed by atoms with E-state index >= 15 is 0 Å². The van der Waals surface area contributed by atoms with Crippen LogP contribution in [0.3, 0.4) is 0 Å². The maximum atomic E-state index is 13.4. The van der Waals surface area contributed by atoms with Gasteiger partial charge < -0.3 is 4.90 Å². The zero-order valence-electron chi connectivity index (χ0n) is 17.5. The first-order valence-corrected chi connectivity index (χ1v) is 11.5. The molecule has 0 aromatic heterocycles. The lowest BCUT2D eigenvalue weighted by atomic mass is 9.91. The van der Waals surface area contributed by atoms with Crippen LogP contribution in [-0.4, -0.2) is 30.5 Å². The summed E-state index contributed by atoms with van der Waals surface area (Å²) < 4.78 is 26.9. The third-order valence-electron chi connectivity index (χ3n) is 5.74. The minimum Gasteiger partial charge on any atom is -0.333 e. The first kappa shape index (κ1) is 21.3. The maximum Gasteiger partial charge on any atom is 0.242 e. The van der Waals surface area contributed by atoms with Crippen LogP contribution in [0.25, 0.3) is 0 Å². The van der Waals surface area contributed by atoms with Gasteiger partial charge in [-0.05, 0) is 37.5 Å². The van der Waals surface area contributed by atoms with Crippen molar-refractivity contribution in [2.75, 3.05) is 0 Å². The topological polar surface area (TPSA) is 54.5 Å². The van der Waals surface area contributed by atoms with Crippen molar-refractivity contribution in [1.29, 1.82) is 0 Å². The average molecular weight is 412 g/mol. The van der Waals surface area contributed by atoms with Crippen molar-refractivity contribution in [3.63, 3.8) is 0 Å². The van der Waals surface area contributed by atoms with Gasteiger partial charge in [0, 0.05) is 18.5 Å². The normalized spacial score (nSPS) is 22.3. The number of likely N-dealkylation sites (tertiary alicyclic amines) is 1. The van der Waals surface area contributed by atoms with Crippen molar-refractivity contribution in [2.45, 2.75) is 50.4 Å². The highest BCUT2D eigenvalue weighted by Gasteiger charge is 2.53. The largest absolute Gasteiger partial charge is 0.333 e. The molecule has 5 heteroatoms. The fourth-order valence-electron chi connectivity index (χ4n) is 4.22. The van der Waals surface area contributed by atoms with E-state index in [9.17, 15) is 13.2 Å². The fraction of sp³-hybridized carbons (Fsp3) is 0.375. The van der Waals surface area contributed by atoms with E-state index in [1.165, 1.54) is 0 Å². The number of hydrogen-bond donors (Lipinski definition) is 0. The average Bonchev–Trinajstić information content (AvgIpc) is 2.96. The monoisotopic (exact) mass is 411 g/mol. The number of nitrogens with zero attached hydrogens (tertiary/aromatic N) is 1. The molecule has 2 aromatic carbocycles. The van der Waals surface area contributed by atoms with Gasteiger partial charge in [0.1, 0.15) is 0 Å². The second kappa shape index (κ2) is 8.15. The van der Waals surface area contributed by atoms with Gasteiger partial charge in [-0.25, -0.2) is 8.42 Å². The minimum atomic E-state index is -3.83. The molecule has 1 amide bonds. The second-order valence-electron chi connectivity index (χ2n) is 8.28. The number of benzene rings is 2. The van der Waals surface area contributed by atoms with E-state index in [0.29, 0.717) is 6.54 Å². The minimum absolute atomic E-state index is 0.102. The van der Waals surface area contributed by atoms with Crippen LogP contribution in [0, 0.1) is 25.7 Å². The molecule has 0 saturated carbocycles. The van der Waals surface area contributed by atoms with Gasteiger partial charge in [0.05, 0.1) is 4.90 Å². The van der Waals surface area contributed by atoms with Gasteiger partial charge in [0.2, 0.25) is 5.91 Å². The predicted octanol–water partition coefficient (Wildman–Crippen LogP) is 4.31. The van der Waals surface area contributed by atoms with Gasteiger partial charge in [-0.2, -0.15) is 0 Å². The molecular formula is C24H29NO3S. The van der Waals surface area contributed by atoms with Crippen LogP contribution in [0.15, 0.2) is 66.1 Å². The number of carbonyl (C=O) groups is 1. The van der Waals surface area contributed by atoms with Crippen LogP contribution in [-0.2, 0) is 21.2 Å². The highest BCUT2D eigenvalue weighted by molar-refractivity contribution is 7.92. The molecular weight excluding hydrogens is 382 g/mol. The molecule has 0 radical (unpaired) electrons. The maximum absolute atomic E-state index is 13.4. The number of amides is 1. The smallest absolute Gasteiger partial charge is 0.242 e. The molecule has 3 atom stereocenters. The molecule has 0 N–H and O–H groups in total. The molecule has 0 unspecified atom stereocenters. The Morgan fingerprint density at radius 3 is 2.00 bits per heavy atom. The van der Waals surface area contributed by atoms with E-state index in [4.69, 9.17) is 0 Å². The Bertz CT molecular complexity index is 991. The second-order valence-corrected chi connectivity index (χ2v) is 10.3. The van der Waals surface area contributed by atoms with Crippen molar-refractivity contribution in [3.05, 3.63) is 77.9 Å². The Morgan fingerprint density at radius 1 is 1.00 bits per heavy atom. The van der Waals surface area contributed by atoms with Gasteiger partial charge in [0.15, 0.2) is 15.1 Å². The van der Waals surface area contributed by atoms with Gasteiger partial charge in [-0.15, -0.1) is 6.58 Å². The fourth-order valence-corrected chi connectivity index (χ4v) is 6.11. The third-order valence-corrected chi connectivity index (χ3v) is 7.86. The summed E-state index contributed by atoms with van der Waals surface area (Å²) in [6, 6.07) is 14.5. The quantitative estimate of drug-likeness (QED) is 0.666. The lowest BCUT2D eigenvalue weighted by molar-refractivity contribution is -0.129. The molecule has 1 fully saturated rings. The van der Waals surface area contributed by atoms with Crippen LogP contribution < -0.4 is 0 Å². The van der Waals surface area contributed by atoms with Gasteiger partial charge >= 0.3 is 0 Å². The van der Waals surface area contributed by atoms with Crippen molar-refractivity contribution < 1.29 is 13.2 Å². The Kier molecular flexibility index (Phi) is 5.99. The lowest BCUT2D eigenvalue weighted by Gasteiger charge is -2.30. The number of aryl methyl sites for hydroxylation is 2. The van der Waals surface area contributed by atoms with Crippen molar-refractivity contribution >= 4 is 15.7 Å². The van der Waals surface area contributed by atoms with E-state index in [0.717, 1.165) is 16.7 Å². The molecule has 1 heterocycles. The van der Waals surface area contributed by atoms with E-state index in [1.54, 1.807) is 35.2 Å². The van der Waals surface area contributed by atoms with E-state index < -0.39 is 21.0 Å². The van der Waals surface area contributed by atoms with Crippen LogP contribution in [0.2, 0.25) is 0 Å². The summed E-state index contributed by atoms with van der Waals surface area (Å²) in [4.78, 5) is 15.4. The molecule has 2 aromatic rings. The zero-order chi connectivity index (χ0) is 21.3. The predicted molar refractivity (Wildman–Crippen MR) is 116 cm³/mol. The third kappa shape index (κ3) is 4.01. The van der Waals surface area contributed by atoms with Crippen LogP contribution in [0.4, 0.5) is 0 Å². The molecule has 0 bridgehead atoms. The Hall–Kier alpha value is -2.40. The standard InChI is InChI=1S/C24H29NO3S/c1-6-21-22(16(2)3)25(15-19-11-7-17(4)8-12-19)24(26)23(21)29(27,28)20-13-9-18(5)10-14-20/h6-14,16,21-23H,1,15H2,2-5H3/t21-,22+,23+/m1/s1. The molecule has 29 heavy (non-hydrogen) atoms. The summed E-state index contributed by atoms with van der Waals surface area (Å²) in [6.07, 6.45) is 1.65. The number of rotatable bonds is 6. The summed E-state index contributed by atoms with van der Waals surface area (Å²) in [6.45, 7) is 12.3. The van der Waals surface area contributed by atoms with E-state index in [2.05, 4.69) is 6.58 Å². The van der Waals surface area contributed by atoms with Gasteiger partial charge in [-0.1, -0.05) is 67.4 Å². The molecule has 154 valence electrons. The first-order valence-electron chi connectivity index (χ1n) is 9.96. The van der Waals surface area contributed by atoms with Crippen LogP contribution in [0.1, 0.15) is 30.5 Å². The lowest BCUT2D eigenvalue weighted by Crippen LogP contribution is -2.38. The van der Waals surface area contributed by atoms with E-state index in [-0.39, 0.29) is 22.8 Å². The highest BCUT2D eigenvalue weighted by atomic mass is 32.2. The first-order chi connectivity index (χ1) is 13.7. The number of hydrogen-bond acceptors (Lipinski definition) is 3. The van der Waals surface area contributed by atoms with Crippen LogP contribution in [0.5, 0.6) is 0 Å². The summed E-state index contributed by atoms with van der Waals surface area (Å²) >= 11 is 0. The SMILES string of the molecule is C=C[C@H]1[C@H](S(=O)(=O)c2ccc(C)cc2)C(=O)N(Cc2ccc(C)cc2)[C@H]1C(C)C. The highest BCUT2D eigenvalue weighted by Crippen LogP contribution is 2.39. The molecule has 4 nitrogen and oxygen atoms in total. The van der Waals surface area contributed by atoms with Crippen molar-refractivity contribution in [1.82, 2.24) is 4.90 Å².